The number of carboxylic acids is 1. The lowest BCUT2D eigenvalue weighted by Gasteiger charge is -2.29. The molecule has 0 fully saturated rings. The van der Waals surface area contributed by atoms with E-state index in [1.807, 2.05) is 20.8 Å². The Kier molecular flexibility index (Phi) is 6.98. The van der Waals surface area contributed by atoms with Crippen molar-refractivity contribution in [2.45, 2.75) is 40.0 Å². The van der Waals surface area contributed by atoms with Gasteiger partial charge < -0.3 is 9.84 Å². The molecule has 1 aliphatic rings. The lowest BCUT2D eigenvalue weighted by Crippen LogP contribution is -2.48. The second kappa shape index (κ2) is 9.21. The SMILES string of the molecule is CCCOc1ccc(C(=O)NNC(=O)[C@@H]2CC(C)=C(C)C[C@@H]2C(=O)O)cc1. The first-order chi connectivity index (χ1) is 12.8. The quantitative estimate of drug-likeness (QED) is 0.524. The van der Waals surface area contributed by atoms with E-state index in [0.29, 0.717) is 30.8 Å². The number of ether oxygens (including phenoxy) is 1. The minimum absolute atomic E-state index is 0.340. The molecule has 0 aliphatic heterocycles. The summed E-state index contributed by atoms with van der Waals surface area (Å²) >= 11 is 0. The molecule has 0 aromatic heterocycles. The number of hydrogen-bond acceptors (Lipinski definition) is 4. The maximum Gasteiger partial charge on any atom is 0.307 e. The van der Waals surface area contributed by atoms with Crippen LogP contribution in [-0.4, -0.2) is 29.5 Å². The van der Waals surface area contributed by atoms with Crippen LogP contribution < -0.4 is 15.6 Å². The molecule has 0 bridgehead atoms. The van der Waals surface area contributed by atoms with Crippen LogP contribution in [0.5, 0.6) is 5.75 Å². The summed E-state index contributed by atoms with van der Waals surface area (Å²) in [5.74, 6) is -2.81. The van der Waals surface area contributed by atoms with E-state index in [-0.39, 0.29) is 0 Å². The van der Waals surface area contributed by atoms with Crippen molar-refractivity contribution in [1.29, 1.82) is 0 Å². The van der Waals surface area contributed by atoms with E-state index >= 15 is 0 Å². The normalized spacial score (nSPS) is 19.4. The molecule has 1 aromatic rings. The molecule has 0 saturated heterocycles. The Morgan fingerprint density at radius 3 is 2.19 bits per heavy atom. The van der Waals surface area contributed by atoms with Gasteiger partial charge in [-0.3, -0.25) is 25.2 Å². The van der Waals surface area contributed by atoms with Crippen molar-refractivity contribution in [1.82, 2.24) is 10.9 Å². The third kappa shape index (κ3) is 5.32. The van der Waals surface area contributed by atoms with Crippen LogP contribution in [0.1, 0.15) is 50.4 Å². The van der Waals surface area contributed by atoms with E-state index in [1.165, 1.54) is 0 Å². The first-order valence-corrected chi connectivity index (χ1v) is 9.04. The van der Waals surface area contributed by atoms with Gasteiger partial charge in [0.2, 0.25) is 5.91 Å². The molecule has 7 nitrogen and oxygen atoms in total. The molecule has 0 heterocycles. The lowest BCUT2D eigenvalue weighted by atomic mass is 9.76. The number of allylic oxidation sites excluding steroid dienone is 2. The monoisotopic (exact) mass is 374 g/mol. The maximum absolute atomic E-state index is 12.4. The summed E-state index contributed by atoms with van der Waals surface area (Å²) in [6, 6.07) is 6.57. The number of carboxylic acid groups (broad SMARTS) is 1. The van der Waals surface area contributed by atoms with Gasteiger partial charge in [0.15, 0.2) is 0 Å². The number of benzene rings is 1. The van der Waals surface area contributed by atoms with Crippen molar-refractivity contribution in [3.05, 3.63) is 41.0 Å². The molecule has 27 heavy (non-hydrogen) atoms. The molecule has 0 saturated carbocycles. The zero-order chi connectivity index (χ0) is 20.0. The van der Waals surface area contributed by atoms with E-state index in [0.717, 1.165) is 17.6 Å². The fraction of sp³-hybridized carbons (Fsp3) is 0.450. The average Bonchev–Trinajstić information content (AvgIpc) is 2.66. The Morgan fingerprint density at radius 2 is 1.63 bits per heavy atom. The summed E-state index contributed by atoms with van der Waals surface area (Å²) in [5.41, 5.74) is 7.10. The molecule has 0 unspecified atom stereocenters. The van der Waals surface area contributed by atoms with Crippen LogP contribution in [-0.2, 0) is 9.59 Å². The zero-order valence-electron chi connectivity index (χ0n) is 15.9. The van der Waals surface area contributed by atoms with Gasteiger partial charge in [-0.25, -0.2) is 0 Å². The highest BCUT2D eigenvalue weighted by molar-refractivity contribution is 5.96. The smallest absolute Gasteiger partial charge is 0.307 e. The number of amides is 2. The van der Waals surface area contributed by atoms with Crippen molar-refractivity contribution < 1.29 is 24.2 Å². The van der Waals surface area contributed by atoms with E-state index < -0.39 is 29.6 Å². The fourth-order valence-corrected chi connectivity index (χ4v) is 3.03. The first kappa shape index (κ1) is 20.5. The lowest BCUT2D eigenvalue weighted by molar-refractivity contribution is -0.147. The van der Waals surface area contributed by atoms with Crippen molar-refractivity contribution >= 4 is 17.8 Å². The van der Waals surface area contributed by atoms with E-state index in [4.69, 9.17) is 4.74 Å². The Balaban J connectivity index is 1.95. The fourth-order valence-electron chi connectivity index (χ4n) is 3.03. The van der Waals surface area contributed by atoms with Crippen LogP contribution in [0.4, 0.5) is 0 Å². The summed E-state index contributed by atoms with van der Waals surface area (Å²) in [6.45, 7) is 6.38. The van der Waals surface area contributed by atoms with Crippen LogP contribution in [0.2, 0.25) is 0 Å². The van der Waals surface area contributed by atoms with Crippen molar-refractivity contribution in [2.24, 2.45) is 11.8 Å². The van der Waals surface area contributed by atoms with Gasteiger partial charge in [0, 0.05) is 5.56 Å². The summed E-state index contributed by atoms with van der Waals surface area (Å²) < 4.78 is 5.46. The van der Waals surface area contributed by atoms with Gasteiger partial charge in [-0.15, -0.1) is 0 Å². The number of hydrazine groups is 1. The summed E-state index contributed by atoms with van der Waals surface area (Å²) in [5, 5.41) is 9.40. The number of carbonyl (C=O) groups excluding carboxylic acids is 2. The minimum Gasteiger partial charge on any atom is -0.494 e. The highest BCUT2D eigenvalue weighted by Crippen LogP contribution is 2.34. The summed E-state index contributed by atoms with van der Waals surface area (Å²) in [6.07, 6.45) is 1.60. The molecule has 1 aliphatic carbocycles. The molecular formula is C20H26N2O5. The zero-order valence-corrected chi connectivity index (χ0v) is 15.9. The van der Waals surface area contributed by atoms with Gasteiger partial charge >= 0.3 is 5.97 Å². The van der Waals surface area contributed by atoms with Gasteiger partial charge in [-0.05, 0) is 57.4 Å². The standard InChI is InChI=1S/C20H26N2O5/c1-4-9-27-15-7-5-14(6-8-15)18(23)21-22-19(24)16-10-12(2)13(3)11-17(16)20(25)26/h5-8,16-17H,4,9-11H2,1-3H3,(H,21,23)(H,22,24)(H,25,26)/t16-,17+/m1/s1. The number of nitrogens with one attached hydrogen (secondary N) is 2. The predicted octanol–water partition coefficient (Wildman–Crippen LogP) is 2.68. The van der Waals surface area contributed by atoms with E-state index in [2.05, 4.69) is 10.9 Å². The average molecular weight is 374 g/mol. The molecule has 3 N–H and O–H groups in total. The second-order valence-electron chi connectivity index (χ2n) is 6.84. The minimum atomic E-state index is -1.00. The third-order valence-corrected chi connectivity index (χ3v) is 4.81. The Labute approximate surface area is 158 Å². The second-order valence-corrected chi connectivity index (χ2v) is 6.84. The molecule has 0 spiro atoms. The molecule has 0 radical (unpaired) electrons. The van der Waals surface area contributed by atoms with Gasteiger partial charge in [-0.1, -0.05) is 18.1 Å². The Bertz CT molecular complexity index is 739. The van der Waals surface area contributed by atoms with Gasteiger partial charge in [0.25, 0.3) is 5.91 Å². The summed E-state index contributed by atoms with van der Waals surface area (Å²) in [7, 11) is 0. The largest absolute Gasteiger partial charge is 0.494 e. The van der Waals surface area contributed by atoms with Crippen molar-refractivity contribution in [3.63, 3.8) is 0 Å². The number of aliphatic carboxylic acids is 1. The molecule has 7 heteroatoms. The topological polar surface area (TPSA) is 105 Å². The van der Waals surface area contributed by atoms with Crippen LogP contribution in [0.3, 0.4) is 0 Å². The predicted molar refractivity (Wildman–Crippen MR) is 100 cm³/mol. The molecule has 2 amide bonds. The molecule has 1 aromatic carbocycles. The molecule has 2 atom stereocenters. The van der Waals surface area contributed by atoms with Crippen LogP contribution >= 0.6 is 0 Å². The van der Waals surface area contributed by atoms with Crippen LogP contribution in [0.15, 0.2) is 35.4 Å². The number of carbonyl (C=O) groups is 3. The van der Waals surface area contributed by atoms with E-state index in [9.17, 15) is 19.5 Å². The number of rotatable bonds is 6. The van der Waals surface area contributed by atoms with Gasteiger partial charge in [0.1, 0.15) is 5.75 Å². The molecule has 146 valence electrons. The molecule has 2 rings (SSSR count). The Hall–Kier alpha value is -2.83. The van der Waals surface area contributed by atoms with Crippen molar-refractivity contribution in [3.8, 4) is 5.75 Å². The highest BCUT2D eigenvalue weighted by Gasteiger charge is 2.37. The number of hydrogen-bond donors (Lipinski definition) is 3. The first-order valence-electron chi connectivity index (χ1n) is 9.04. The molecular weight excluding hydrogens is 348 g/mol. The summed E-state index contributed by atoms with van der Waals surface area (Å²) in [4.78, 5) is 36.1. The highest BCUT2D eigenvalue weighted by atomic mass is 16.5. The van der Waals surface area contributed by atoms with E-state index in [1.54, 1.807) is 24.3 Å². The van der Waals surface area contributed by atoms with Crippen molar-refractivity contribution in [2.75, 3.05) is 6.61 Å². The third-order valence-electron chi connectivity index (χ3n) is 4.81. The van der Waals surface area contributed by atoms with Crippen LogP contribution in [0, 0.1) is 11.8 Å². The van der Waals surface area contributed by atoms with Gasteiger partial charge in [0.05, 0.1) is 18.4 Å². The van der Waals surface area contributed by atoms with Gasteiger partial charge in [-0.2, -0.15) is 0 Å². The Morgan fingerprint density at radius 1 is 1.04 bits per heavy atom. The maximum atomic E-state index is 12.4. The van der Waals surface area contributed by atoms with Crippen LogP contribution in [0.25, 0.3) is 0 Å².